The molecule has 0 saturated carbocycles. The lowest BCUT2D eigenvalue weighted by molar-refractivity contribution is 1.27. The number of rotatable bonds is 0. The van der Waals surface area contributed by atoms with Crippen LogP contribution in [0.5, 0.6) is 0 Å². The summed E-state index contributed by atoms with van der Waals surface area (Å²) in [7, 11) is 0. The fourth-order valence-electron chi connectivity index (χ4n) is 0.238. The zero-order valence-electron chi connectivity index (χ0n) is 3.01. The first-order valence-electron chi connectivity index (χ1n) is 1.54. The number of hydrogen-bond acceptors (Lipinski definition) is 1. The van der Waals surface area contributed by atoms with Crippen molar-refractivity contribution in [3.05, 3.63) is 16.4 Å². The van der Waals surface area contributed by atoms with Crippen molar-refractivity contribution in [3.8, 4) is 0 Å². The third-order valence-electron chi connectivity index (χ3n) is 0.455. The molecular weight excluding hydrogens is 96.1 g/mol. The molecule has 6 heavy (non-hydrogen) atoms. The van der Waals surface area contributed by atoms with Crippen LogP contribution < -0.4 is 10.2 Å². The first-order chi connectivity index (χ1) is 2.89. The quantitative estimate of drug-likeness (QED) is 0.467. The zero-order chi connectivity index (χ0) is 4.41. The van der Waals surface area contributed by atoms with Crippen LogP contribution in [0.1, 0.15) is 0 Å². The lowest BCUT2D eigenvalue weighted by Crippen LogP contribution is -1.94. The molecule has 0 aliphatic heterocycles. The molecule has 1 rings (SSSR count). The Labute approximate surface area is 39.0 Å². The molecule has 1 aromatic rings. The lowest BCUT2D eigenvalue weighted by Gasteiger charge is -1.52. The minimum Gasteiger partial charge on any atom is -0.336 e. The number of nitrogens with one attached hydrogen (secondary N) is 1. The van der Waals surface area contributed by atoms with Crippen LogP contribution in [0.25, 0.3) is 0 Å². The van der Waals surface area contributed by atoms with Crippen LogP contribution in [0.4, 0.5) is 0 Å². The molecule has 0 atom stereocenters. The molecule has 0 fully saturated rings. The van der Waals surface area contributed by atoms with Crippen LogP contribution in [0.2, 0.25) is 0 Å². The highest BCUT2D eigenvalue weighted by atomic mass is 32.1. The van der Waals surface area contributed by atoms with E-state index in [0.29, 0.717) is 0 Å². The molecule has 0 bridgehead atoms. The molecule has 0 unspecified atom stereocenters. The first-order valence-corrected chi connectivity index (χ1v) is 2.42. The summed E-state index contributed by atoms with van der Waals surface area (Å²) in [4.78, 5) is 2.83. The summed E-state index contributed by atoms with van der Waals surface area (Å²) in [6, 6.07) is 0. The van der Waals surface area contributed by atoms with Crippen LogP contribution in [0.15, 0.2) is 11.6 Å². The Hall–Kier alpha value is -0.570. The summed E-state index contributed by atoms with van der Waals surface area (Å²) in [5, 5.41) is 10.2. The Morgan fingerprint density at radius 2 is 2.67 bits per heavy atom. The molecule has 0 saturated heterocycles. The third kappa shape index (κ3) is 0.490. The molecule has 1 N–H and O–H groups in total. The van der Waals surface area contributed by atoms with E-state index in [9.17, 15) is 0 Å². The van der Waals surface area contributed by atoms with E-state index >= 15 is 0 Å². The zero-order valence-corrected chi connectivity index (χ0v) is 3.83. The van der Waals surface area contributed by atoms with Gasteiger partial charge in [-0.3, -0.25) is 0 Å². The van der Waals surface area contributed by atoms with Gasteiger partial charge in [0.2, 0.25) is 4.80 Å². The molecule has 1 heterocycles. The van der Waals surface area contributed by atoms with Gasteiger partial charge in [0.1, 0.15) is 0 Å². The van der Waals surface area contributed by atoms with Gasteiger partial charge in [-0.05, 0) is 0 Å². The minimum atomic E-state index is 0.259. The molecule has 0 amide bonds. The van der Waals surface area contributed by atoms with Gasteiger partial charge in [-0.1, -0.05) is 0 Å². The third-order valence-corrected chi connectivity index (χ3v) is 1.07. The van der Waals surface area contributed by atoms with Gasteiger partial charge in [0.25, 0.3) is 0 Å². The van der Waals surface area contributed by atoms with Crippen molar-refractivity contribution in [1.82, 2.24) is 10.4 Å². The standard InChI is InChI=1S/C3H3N2S/c4-3-5-1-2-6-3/h1-2,5H. The van der Waals surface area contributed by atoms with Crippen LogP contribution in [-0.2, 0) is 0 Å². The predicted octanol–water partition coefficient (Wildman–Crippen LogP) is -0.223. The lowest BCUT2D eigenvalue weighted by atomic mass is 11.0. The highest BCUT2D eigenvalue weighted by molar-refractivity contribution is 7.06. The first kappa shape index (κ1) is 3.61. The van der Waals surface area contributed by atoms with E-state index in [-0.39, 0.29) is 4.80 Å². The van der Waals surface area contributed by atoms with Crippen molar-refractivity contribution in [2.24, 2.45) is 0 Å². The van der Waals surface area contributed by atoms with Crippen molar-refractivity contribution < 1.29 is 0 Å². The Kier molecular flexibility index (Phi) is 0.759. The molecule has 0 spiro atoms. The number of aromatic amines is 1. The summed E-state index contributed by atoms with van der Waals surface area (Å²) in [6.07, 6.45) is 1.68. The van der Waals surface area contributed by atoms with Crippen LogP contribution >= 0.6 is 11.3 Å². The van der Waals surface area contributed by atoms with Gasteiger partial charge in [-0.2, -0.15) is 0 Å². The molecule has 0 aromatic carbocycles. The maximum Gasteiger partial charge on any atom is 0.208 e. The van der Waals surface area contributed by atoms with E-state index in [2.05, 4.69) is 4.98 Å². The van der Waals surface area contributed by atoms with Gasteiger partial charge in [0.15, 0.2) is 0 Å². The van der Waals surface area contributed by atoms with Gasteiger partial charge in [-0.25, -0.2) is 0 Å². The molecular formula is C3H3N2S. The maximum absolute atomic E-state index is 8.44. The van der Waals surface area contributed by atoms with Crippen molar-refractivity contribution in [3.63, 3.8) is 0 Å². The van der Waals surface area contributed by atoms with Crippen LogP contribution in [0, 0.1) is 0 Å². The highest BCUT2D eigenvalue weighted by Crippen LogP contribution is 1.75. The summed E-state index contributed by atoms with van der Waals surface area (Å²) >= 11 is 1.28. The molecule has 1 radical (unpaired) electrons. The highest BCUT2D eigenvalue weighted by Gasteiger charge is 1.69. The number of thiazole rings is 1. The van der Waals surface area contributed by atoms with Gasteiger partial charge >= 0.3 is 0 Å². The molecule has 31 valence electrons. The fraction of sp³-hybridized carbons (Fsp3) is 0. The second-order valence-corrected chi connectivity index (χ2v) is 1.76. The van der Waals surface area contributed by atoms with E-state index in [4.69, 9.17) is 5.41 Å². The van der Waals surface area contributed by atoms with Crippen LogP contribution in [-0.4, -0.2) is 4.98 Å². The van der Waals surface area contributed by atoms with E-state index in [1.807, 2.05) is 0 Å². The van der Waals surface area contributed by atoms with Gasteiger partial charge < -0.3 is 4.98 Å². The summed E-state index contributed by atoms with van der Waals surface area (Å²) < 4.78 is 0. The van der Waals surface area contributed by atoms with Crippen LogP contribution in [0.3, 0.4) is 0 Å². The van der Waals surface area contributed by atoms with Crippen molar-refractivity contribution in [2.75, 3.05) is 0 Å². The smallest absolute Gasteiger partial charge is 0.208 e. The minimum absolute atomic E-state index is 0.259. The summed E-state index contributed by atoms with van der Waals surface area (Å²) in [5.74, 6) is 0. The largest absolute Gasteiger partial charge is 0.336 e. The second kappa shape index (κ2) is 1.26. The SMILES string of the molecule is [N]=c1[nH]ccs1. The maximum atomic E-state index is 8.44. The number of nitrogens with zero attached hydrogens (tertiary/aromatic N) is 1. The molecule has 1 aromatic heterocycles. The van der Waals surface area contributed by atoms with E-state index in [1.54, 1.807) is 11.6 Å². The Bertz CT molecular complexity index is 147. The monoisotopic (exact) mass is 99.0 g/mol. The molecule has 3 heteroatoms. The topological polar surface area (TPSA) is 38.1 Å². The Morgan fingerprint density at radius 1 is 1.83 bits per heavy atom. The van der Waals surface area contributed by atoms with Crippen molar-refractivity contribution in [2.45, 2.75) is 0 Å². The van der Waals surface area contributed by atoms with Crippen molar-refractivity contribution in [1.29, 1.82) is 0 Å². The van der Waals surface area contributed by atoms with E-state index in [0.717, 1.165) is 0 Å². The fourth-order valence-corrected chi connectivity index (χ4v) is 0.639. The average Bonchev–Trinajstić information content (AvgIpc) is 1.86. The van der Waals surface area contributed by atoms with Gasteiger partial charge in [-0.15, -0.1) is 16.7 Å². The van der Waals surface area contributed by atoms with Gasteiger partial charge in [0.05, 0.1) is 0 Å². The Morgan fingerprint density at radius 3 is 2.83 bits per heavy atom. The number of H-pyrrole nitrogens is 1. The van der Waals surface area contributed by atoms with Gasteiger partial charge in [0, 0.05) is 11.6 Å². The molecule has 0 aliphatic carbocycles. The summed E-state index contributed by atoms with van der Waals surface area (Å²) in [6.45, 7) is 0. The second-order valence-electron chi connectivity index (χ2n) is 0.870. The average molecular weight is 99.1 g/mol. The number of aromatic nitrogens is 1. The molecule has 2 nitrogen and oxygen atoms in total. The number of hydrogen-bond donors (Lipinski definition) is 1. The summed E-state index contributed by atoms with van der Waals surface area (Å²) in [5.41, 5.74) is 0. The Balaban J connectivity index is 3.41. The molecule has 0 aliphatic rings. The van der Waals surface area contributed by atoms with Crippen molar-refractivity contribution >= 4 is 11.3 Å². The van der Waals surface area contributed by atoms with E-state index in [1.165, 1.54) is 11.3 Å². The van der Waals surface area contributed by atoms with E-state index < -0.39 is 0 Å². The normalized spacial score (nSPS) is 8.67. The predicted molar refractivity (Wildman–Crippen MR) is 23.9 cm³/mol.